The second kappa shape index (κ2) is 9.42. The Morgan fingerprint density at radius 3 is 2.94 bits per heavy atom. The van der Waals surface area contributed by atoms with Crippen LogP contribution in [0.1, 0.15) is 39.5 Å². The highest BCUT2D eigenvalue weighted by atomic mass is 32.1. The molecule has 3 aromatic heterocycles. The molecule has 1 amide bonds. The first-order valence-corrected chi connectivity index (χ1v) is 12.5. The number of hydrogen-bond donors (Lipinski definition) is 3. The van der Waals surface area contributed by atoms with Crippen molar-refractivity contribution in [3.8, 4) is 28.4 Å². The minimum Gasteiger partial charge on any atom is -0.508 e. The number of carbonyl (C=O) groups excluding carboxylic acids is 1. The first kappa shape index (κ1) is 22.3. The van der Waals surface area contributed by atoms with Gasteiger partial charge in [0.15, 0.2) is 4.96 Å². The Morgan fingerprint density at radius 2 is 2.12 bits per heavy atom. The Balaban J connectivity index is 1.42. The molecular formula is C25H28N6O2S. The SMILES string of the molecule is CC(C)NC(=O)C1CCC[C@@H](Nc2nccc(-c3c(-c4cccc(O)c4)nc4sccn34)n2)C1. The molecule has 0 saturated heterocycles. The number of aromatic nitrogens is 4. The molecule has 0 spiro atoms. The minimum atomic E-state index is 0.00875. The lowest BCUT2D eigenvalue weighted by molar-refractivity contribution is -0.126. The van der Waals surface area contributed by atoms with Crippen LogP contribution in [0.2, 0.25) is 0 Å². The van der Waals surface area contributed by atoms with Crippen LogP contribution in [0.5, 0.6) is 5.75 Å². The lowest BCUT2D eigenvalue weighted by atomic mass is 9.85. The first-order valence-electron chi connectivity index (χ1n) is 11.6. The van der Waals surface area contributed by atoms with Crippen molar-refractivity contribution >= 4 is 28.2 Å². The summed E-state index contributed by atoms with van der Waals surface area (Å²) >= 11 is 1.55. The first-order chi connectivity index (χ1) is 16.5. The monoisotopic (exact) mass is 476 g/mol. The quantitative estimate of drug-likeness (QED) is 0.372. The van der Waals surface area contributed by atoms with Crippen LogP contribution in [0.4, 0.5) is 5.95 Å². The molecule has 176 valence electrons. The summed E-state index contributed by atoms with van der Waals surface area (Å²) < 4.78 is 2.02. The van der Waals surface area contributed by atoms with E-state index in [1.165, 1.54) is 0 Å². The number of fused-ring (bicyclic) bond motifs is 1. The van der Waals surface area contributed by atoms with Gasteiger partial charge in [-0.3, -0.25) is 9.20 Å². The number of phenolic OH excluding ortho intramolecular Hbond substituents is 1. The van der Waals surface area contributed by atoms with E-state index in [2.05, 4.69) is 15.6 Å². The van der Waals surface area contributed by atoms with Crippen molar-refractivity contribution in [3.05, 3.63) is 48.1 Å². The van der Waals surface area contributed by atoms with E-state index in [1.807, 2.05) is 48.0 Å². The number of anilines is 1. The summed E-state index contributed by atoms with van der Waals surface area (Å²) in [6.45, 7) is 3.98. The lowest BCUT2D eigenvalue weighted by Crippen LogP contribution is -2.40. The Morgan fingerprint density at radius 1 is 1.24 bits per heavy atom. The van der Waals surface area contributed by atoms with E-state index in [1.54, 1.807) is 29.7 Å². The standard InChI is InChI=1S/C25H28N6O2S/c1-15(2)27-23(33)17-6-3-7-18(13-17)28-24-26-10-9-20(29-24)22-21(16-5-4-8-19(32)14-16)30-25-31(22)11-12-34-25/h4-5,8-12,14-15,17-18,32H,3,6-7,13H2,1-2H3,(H,27,33)(H,26,28,29)/t17?,18-/m1/s1. The van der Waals surface area contributed by atoms with Gasteiger partial charge in [-0.15, -0.1) is 11.3 Å². The van der Waals surface area contributed by atoms with E-state index in [0.29, 0.717) is 5.95 Å². The zero-order valence-corrected chi connectivity index (χ0v) is 20.0. The molecule has 5 rings (SSSR count). The lowest BCUT2D eigenvalue weighted by Gasteiger charge is -2.29. The molecule has 34 heavy (non-hydrogen) atoms. The molecule has 3 N–H and O–H groups in total. The number of phenols is 1. The van der Waals surface area contributed by atoms with Crippen molar-refractivity contribution in [1.29, 1.82) is 0 Å². The number of imidazole rings is 1. The zero-order valence-electron chi connectivity index (χ0n) is 19.2. The normalized spacial score (nSPS) is 18.3. The van der Waals surface area contributed by atoms with E-state index in [0.717, 1.165) is 53.3 Å². The number of benzene rings is 1. The van der Waals surface area contributed by atoms with Crippen molar-refractivity contribution in [1.82, 2.24) is 24.7 Å². The molecule has 1 aliphatic carbocycles. The Hall–Kier alpha value is -3.46. The Kier molecular flexibility index (Phi) is 6.19. The van der Waals surface area contributed by atoms with Crippen molar-refractivity contribution in [3.63, 3.8) is 0 Å². The van der Waals surface area contributed by atoms with Crippen LogP contribution < -0.4 is 10.6 Å². The molecule has 8 nitrogen and oxygen atoms in total. The van der Waals surface area contributed by atoms with Gasteiger partial charge < -0.3 is 15.7 Å². The fourth-order valence-electron chi connectivity index (χ4n) is 4.59. The molecule has 1 aromatic carbocycles. The van der Waals surface area contributed by atoms with Gasteiger partial charge in [0.05, 0.1) is 11.4 Å². The summed E-state index contributed by atoms with van der Waals surface area (Å²) in [7, 11) is 0. The third kappa shape index (κ3) is 4.61. The van der Waals surface area contributed by atoms with Crippen LogP contribution in [0.3, 0.4) is 0 Å². The molecule has 0 radical (unpaired) electrons. The van der Waals surface area contributed by atoms with Gasteiger partial charge >= 0.3 is 0 Å². The number of hydrogen-bond acceptors (Lipinski definition) is 7. The minimum absolute atomic E-state index is 0.00875. The van der Waals surface area contributed by atoms with Gasteiger partial charge in [0.25, 0.3) is 0 Å². The molecule has 0 bridgehead atoms. The van der Waals surface area contributed by atoms with E-state index in [-0.39, 0.29) is 29.7 Å². The van der Waals surface area contributed by atoms with E-state index < -0.39 is 0 Å². The number of nitrogens with one attached hydrogen (secondary N) is 2. The summed E-state index contributed by atoms with van der Waals surface area (Å²) in [6.07, 6.45) is 7.37. The number of thiazole rings is 1. The van der Waals surface area contributed by atoms with E-state index >= 15 is 0 Å². The van der Waals surface area contributed by atoms with Gasteiger partial charge in [-0.2, -0.15) is 0 Å². The Labute approximate surface area is 202 Å². The fraction of sp³-hybridized carbons (Fsp3) is 0.360. The maximum Gasteiger partial charge on any atom is 0.223 e. The van der Waals surface area contributed by atoms with Gasteiger partial charge in [0, 0.05) is 41.3 Å². The predicted molar refractivity (Wildman–Crippen MR) is 134 cm³/mol. The number of carbonyl (C=O) groups is 1. The van der Waals surface area contributed by atoms with Gasteiger partial charge in [-0.25, -0.2) is 15.0 Å². The second-order valence-corrected chi connectivity index (χ2v) is 9.92. The Bertz CT molecular complexity index is 1310. The fourth-order valence-corrected chi connectivity index (χ4v) is 5.30. The number of aromatic hydroxyl groups is 1. The zero-order chi connectivity index (χ0) is 23.7. The smallest absolute Gasteiger partial charge is 0.223 e. The maximum atomic E-state index is 12.5. The van der Waals surface area contributed by atoms with Gasteiger partial charge in [0.2, 0.25) is 11.9 Å². The van der Waals surface area contributed by atoms with Crippen LogP contribution in [-0.2, 0) is 4.79 Å². The van der Waals surface area contributed by atoms with Crippen LogP contribution in [0.25, 0.3) is 27.6 Å². The molecule has 0 aliphatic heterocycles. The third-order valence-electron chi connectivity index (χ3n) is 6.09. The van der Waals surface area contributed by atoms with Crippen LogP contribution in [0.15, 0.2) is 48.1 Å². The largest absolute Gasteiger partial charge is 0.508 e. The summed E-state index contributed by atoms with van der Waals surface area (Å²) in [4.78, 5) is 27.5. The highest BCUT2D eigenvalue weighted by molar-refractivity contribution is 7.15. The van der Waals surface area contributed by atoms with E-state index in [4.69, 9.17) is 9.97 Å². The average Bonchev–Trinajstić information content (AvgIpc) is 3.40. The summed E-state index contributed by atoms with van der Waals surface area (Å²) in [5.41, 5.74) is 3.18. The molecular weight excluding hydrogens is 448 g/mol. The van der Waals surface area contributed by atoms with Crippen LogP contribution >= 0.6 is 11.3 Å². The summed E-state index contributed by atoms with van der Waals surface area (Å²) in [5, 5.41) is 18.5. The molecule has 3 heterocycles. The van der Waals surface area contributed by atoms with E-state index in [9.17, 15) is 9.90 Å². The number of nitrogens with zero attached hydrogens (tertiary/aromatic N) is 4. The van der Waals surface area contributed by atoms with Gasteiger partial charge in [0.1, 0.15) is 11.4 Å². The van der Waals surface area contributed by atoms with Crippen LogP contribution in [-0.4, -0.2) is 42.5 Å². The van der Waals surface area contributed by atoms with Crippen molar-refractivity contribution in [2.45, 2.75) is 51.6 Å². The van der Waals surface area contributed by atoms with Crippen molar-refractivity contribution < 1.29 is 9.90 Å². The maximum absolute atomic E-state index is 12.5. The van der Waals surface area contributed by atoms with Crippen molar-refractivity contribution in [2.24, 2.45) is 5.92 Å². The predicted octanol–water partition coefficient (Wildman–Crippen LogP) is 4.72. The molecule has 1 unspecified atom stereocenters. The highest BCUT2D eigenvalue weighted by Gasteiger charge is 2.28. The summed E-state index contributed by atoms with van der Waals surface area (Å²) in [5.74, 6) is 0.873. The van der Waals surface area contributed by atoms with Gasteiger partial charge in [-0.05, 0) is 51.3 Å². The second-order valence-electron chi connectivity index (χ2n) is 9.05. The molecule has 9 heteroatoms. The number of rotatable bonds is 6. The number of amides is 1. The molecule has 4 aromatic rings. The molecule has 1 fully saturated rings. The molecule has 1 saturated carbocycles. The molecule has 2 atom stereocenters. The van der Waals surface area contributed by atoms with Crippen molar-refractivity contribution in [2.75, 3.05) is 5.32 Å². The average molecular weight is 477 g/mol. The summed E-state index contributed by atoms with van der Waals surface area (Å²) in [6, 6.07) is 9.26. The topological polar surface area (TPSA) is 104 Å². The highest BCUT2D eigenvalue weighted by Crippen LogP contribution is 2.35. The van der Waals surface area contributed by atoms with Gasteiger partial charge in [-0.1, -0.05) is 18.6 Å². The molecule has 1 aliphatic rings. The van der Waals surface area contributed by atoms with Crippen LogP contribution in [0, 0.1) is 5.92 Å². The third-order valence-corrected chi connectivity index (χ3v) is 6.85.